The van der Waals surface area contributed by atoms with Gasteiger partial charge in [0.05, 0.1) is 5.56 Å². The fourth-order valence-corrected chi connectivity index (χ4v) is 3.49. The van der Waals surface area contributed by atoms with Crippen LogP contribution in [0, 0.1) is 5.92 Å². The van der Waals surface area contributed by atoms with Gasteiger partial charge in [-0.25, -0.2) is 4.79 Å². The minimum Gasteiger partial charge on any atom is -0.478 e. The maximum Gasteiger partial charge on any atom is 0.328 e. The molecule has 0 atom stereocenters. The van der Waals surface area contributed by atoms with E-state index in [4.69, 9.17) is 5.11 Å². The van der Waals surface area contributed by atoms with Gasteiger partial charge < -0.3 is 10.4 Å². The molecule has 5 heteroatoms. The Morgan fingerprint density at radius 2 is 2.14 bits per heavy atom. The van der Waals surface area contributed by atoms with Crippen LogP contribution in [0.3, 0.4) is 0 Å². The lowest BCUT2D eigenvalue weighted by molar-refractivity contribution is -0.131. The van der Waals surface area contributed by atoms with Gasteiger partial charge in [-0.15, -0.1) is 11.3 Å². The molecular weight excluding hydrogens is 286 g/mol. The van der Waals surface area contributed by atoms with Gasteiger partial charge in [-0.2, -0.15) is 0 Å². The number of carbonyl (C=O) groups excluding carboxylic acids is 1. The van der Waals surface area contributed by atoms with E-state index in [0.717, 1.165) is 23.3 Å². The van der Waals surface area contributed by atoms with Crippen LogP contribution in [0.1, 0.15) is 53.8 Å². The maximum atomic E-state index is 11.9. The Kier molecular flexibility index (Phi) is 5.99. The van der Waals surface area contributed by atoms with Crippen LogP contribution in [0.5, 0.6) is 0 Å². The molecule has 21 heavy (non-hydrogen) atoms. The molecule has 1 saturated carbocycles. The number of carboxylic acids is 1. The lowest BCUT2D eigenvalue weighted by Gasteiger charge is -2.08. The summed E-state index contributed by atoms with van der Waals surface area (Å²) in [5, 5.41) is 13.2. The normalized spacial score (nSPS) is 15.6. The van der Waals surface area contributed by atoms with E-state index in [1.807, 2.05) is 0 Å². The van der Waals surface area contributed by atoms with Gasteiger partial charge in [-0.1, -0.05) is 25.7 Å². The minimum absolute atomic E-state index is 0.0763. The Morgan fingerprint density at radius 3 is 2.86 bits per heavy atom. The van der Waals surface area contributed by atoms with Crippen molar-refractivity contribution in [3.63, 3.8) is 0 Å². The first-order valence-corrected chi connectivity index (χ1v) is 8.31. The SMILES string of the molecule is O=C(O)/C=C/c1cc(C(=O)NCCCC2CCCC2)cs1. The molecular formula is C16H21NO3S. The topological polar surface area (TPSA) is 66.4 Å². The first kappa shape index (κ1) is 15.8. The Labute approximate surface area is 128 Å². The smallest absolute Gasteiger partial charge is 0.328 e. The van der Waals surface area contributed by atoms with Gasteiger partial charge in [0.2, 0.25) is 0 Å². The van der Waals surface area contributed by atoms with Gasteiger partial charge >= 0.3 is 5.97 Å². The van der Waals surface area contributed by atoms with E-state index in [-0.39, 0.29) is 5.91 Å². The van der Waals surface area contributed by atoms with Crippen molar-refractivity contribution in [2.24, 2.45) is 5.92 Å². The fraction of sp³-hybridized carbons (Fsp3) is 0.500. The standard InChI is InChI=1S/C16H21NO3S/c18-15(19)8-7-14-10-13(11-21-14)16(20)17-9-3-6-12-4-1-2-5-12/h7-8,10-12H,1-6,9H2,(H,17,20)(H,18,19)/b8-7+. The van der Waals surface area contributed by atoms with Crippen LogP contribution >= 0.6 is 11.3 Å². The number of hydrogen-bond donors (Lipinski definition) is 2. The molecule has 1 aromatic rings. The lowest BCUT2D eigenvalue weighted by Crippen LogP contribution is -2.24. The molecule has 1 aliphatic carbocycles. The second-order valence-corrected chi connectivity index (χ2v) is 6.40. The summed E-state index contributed by atoms with van der Waals surface area (Å²) in [5.41, 5.74) is 0.603. The summed E-state index contributed by atoms with van der Waals surface area (Å²) in [6, 6.07) is 1.72. The lowest BCUT2D eigenvalue weighted by atomic mass is 10.0. The van der Waals surface area contributed by atoms with Gasteiger partial charge in [0.1, 0.15) is 0 Å². The van der Waals surface area contributed by atoms with Gasteiger partial charge in [0.25, 0.3) is 5.91 Å². The number of hydrogen-bond acceptors (Lipinski definition) is 3. The van der Waals surface area contributed by atoms with Crippen molar-refractivity contribution >= 4 is 29.3 Å². The highest BCUT2D eigenvalue weighted by molar-refractivity contribution is 7.11. The summed E-state index contributed by atoms with van der Waals surface area (Å²) in [5.74, 6) is -0.204. The van der Waals surface area contributed by atoms with E-state index in [2.05, 4.69) is 5.32 Å². The van der Waals surface area contributed by atoms with Gasteiger partial charge in [0.15, 0.2) is 0 Å². The summed E-state index contributed by atoms with van der Waals surface area (Å²) >= 11 is 1.37. The summed E-state index contributed by atoms with van der Waals surface area (Å²) in [7, 11) is 0. The summed E-state index contributed by atoms with van der Waals surface area (Å²) in [6.45, 7) is 0.714. The molecule has 0 spiro atoms. The molecule has 1 fully saturated rings. The average Bonchev–Trinajstić information content (AvgIpc) is 3.12. The molecule has 114 valence electrons. The highest BCUT2D eigenvalue weighted by Gasteiger charge is 2.14. The number of amides is 1. The molecule has 0 radical (unpaired) electrons. The molecule has 0 aromatic carbocycles. The van der Waals surface area contributed by atoms with Crippen LogP contribution in [0.2, 0.25) is 0 Å². The summed E-state index contributed by atoms with van der Waals surface area (Å²) < 4.78 is 0. The largest absolute Gasteiger partial charge is 0.478 e. The van der Waals surface area contributed by atoms with Gasteiger partial charge in [0, 0.05) is 22.9 Å². The van der Waals surface area contributed by atoms with E-state index in [1.54, 1.807) is 11.4 Å². The second-order valence-electron chi connectivity index (χ2n) is 5.46. The molecule has 2 N–H and O–H groups in total. The molecule has 0 saturated heterocycles. The molecule has 1 amide bonds. The summed E-state index contributed by atoms with van der Waals surface area (Å²) in [4.78, 5) is 23.2. The zero-order chi connectivity index (χ0) is 15.1. The Morgan fingerprint density at radius 1 is 1.38 bits per heavy atom. The minimum atomic E-state index is -0.985. The van der Waals surface area contributed by atoms with Crippen molar-refractivity contribution < 1.29 is 14.7 Å². The van der Waals surface area contributed by atoms with Crippen molar-refractivity contribution in [3.8, 4) is 0 Å². The fourth-order valence-electron chi connectivity index (χ4n) is 2.71. The number of nitrogens with one attached hydrogen (secondary N) is 1. The Balaban J connectivity index is 1.71. The van der Waals surface area contributed by atoms with E-state index >= 15 is 0 Å². The van der Waals surface area contributed by atoms with Crippen LogP contribution in [0.4, 0.5) is 0 Å². The molecule has 2 rings (SSSR count). The van der Waals surface area contributed by atoms with E-state index in [1.165, 1.54) is 49.5 Å². The second kappa shape index (κ2) is 7.98. The molecule has 1 heterocycles. The van der Waals surface area contributed by atoms with Crippen molar-refractivity contribution in [3.05, 3.63) is 28.0 Å². The van der Waals surface area contributed by atoms with Gasteiger partial charge in [-0.05, 0) is 30.9 Å². The van der Waals surface area contributed by atoms with Crippen LogP contribution in [0.15, 0.2) is 17.5 Å². The highest BCUT2D eigenvalue weighted by Crippen LogP contribution is 2.28. The van der Waals surface area contributed by atoms with Crippen molar-refractivity contribution in [2.45, 2.75) is 38.5 Å². The van der Waals surface area contributed by atoms with Crippen LogP contribution in [-0.4, -0.2) is 23.5 Å². The first-order valence-electron chi connectivity index (χ1n) is 7.43. The molecule has 0 bridgehead atoms. The van der Waals surface area contributed by atoms with E-state index < -0.39 is 5.97 Å². The predicted molar refractivity (Wildman–Crippen MR) is 84.5 cm³/mol. The third-order valence-electron chi connectivity index (χ3n) is 3.82. The number of carboxylic acid groups (broad SMARTS) is 1. The van der Waals surface area contributed by atoms with E-state index in [9.17, 15) is 9.59 Å². The number of thiophene rings is 1. The monoisotopic (exact) mass is 307 g/mol. The maximum absolute atomic E-state index is 11.9. The van der Waals surface area contributed by atoms with Crippen LogP contribution < -0.4 is 5.32 Å². The van der Waals surface area contributed by atoms with Crippen LogP contribution in [-0.2, 0) is 4.79 Å². The predicted octanol–water partition coefficient (Wildman–Crippen LogP) is 3.55. The highest BCUT2D eigenvalue weighted by atomic mass is 32.1. The third-order valence-corrected chi connectivity index (χ3v) is 4.72. The summed E-state index contributed by atoms with van der Waals surface area (Å²) in [6.07, 6.45) is 10.2. The molecule has 0 unspecified atom stereocenters. The number of rotatable bonds is 7. The Bertz CT molecular complexity index is 515. The average molecular weight is 307 g/mol. The number of aliphatic carboxylic acids is 1. The third kappa shape index (κ3) is 5.34. The van der Waals surface area contributed by atoms with Crippen LogP contribution in [0.25, 0.3) is 6.08 Å². The molecule has 0 aliphatic heterocycles. The quantitative estimate of drug-likeness (QED) is 0.598. The molecule has 1 aromatic heterocycles. The van der Waals surface area contributed by atoms with Crippen molar-refractivity contribution in [1.29, 1.82) is 0 Å². The van der Waals surface area contributed by atoms with Gasteiger partial charge in [-0.3, -0.25) is 4.79 Å². The Hall–Kier alpha value is -1.62. The zero-order valence-electron chi connectivity index (χ0n) is 12.0. The van der Waals surface area contributed by atoms with E-state index in [0.29, 0.717) is 12.1 Å². The van der Waals surface area contributed by atoms with Crippen molar-refractivity contribution in [2.75, 3.05) is 6.54 Å². The van der Waals surface area contributed by atoms with Crippen molar-refractivity contribution in [1.82, 2.24) is 5.32 Å². The first-order chi connectivity index (χ1) is 10.1. The number of carbonyl (C=O) groups is 2. The molecule has 4 nitrogen and oxygen atoms in total. The molecule has 1 aliphatic rings. The zero-order valence-corrected chi connectivity index (χ0v) is 12.8.